The predicted molar refractivity (Wildman–Crippen MR) is 119 cm³/mol. The fourth-order valence-electron chi connectivity index (χ4n) is 4.30. The van der Waals surface area contributed by atoms with Crippen molar-refractivity contribution in [1.29, 1.82) is 0 Å². The number of carboxylic acids is 2. The summed E-state index contributed by atoms with van der Waals surface area (Å²) in [5.74, 6) is -4.26. The summed E-state index contributed by atoms with van der Waals surface area (Å²) < 4.78 is 16.5. The summed E-state index contributed by atoms with van der Waals surface area (Å²) in [6.45, 7) is 5.94. The van der Waals surface area contributed by atoms with Crippen LogP contribution in [0.25, 0.3) is 0 Å². The molecule has 0 aromatic rings. The number of hydrogen-bond donors (Lipinski definition) is 6. The largest absolute Gasteiger partial charge is 0.545 e. The minimum atomic E-state index is -1.69. The molecule has 1 unspecified atom stereocenters. The Kier molecular flexibility index (Phi) is 9.19. The molecule has 0 radical (unpaired) electrons. The van der Waals surface area contributed by atoms with Gasteiger partial charge in [0.1, 0.15) is 37.2 Å². The van der Waals surface area contributed by atoms with E-state index < -0.39 is 67.4 Å². The third-order valence-electron chi connectivity index (χ3n) is 6.40. The quantitative estimate of drug-likeness (QED) is 0.170. The van der Waals surface area contributed by atoms with Gasteiger partial charge in [-0.15, -0.1) is 6.58 Å². The monoisotopic (exact) mass is 509 g/mol. The Balaban J connectivity index is 1.87. The lowest BCUT2D eigenvalue weighted by Gasteiger charge is -2.43. The van der Waals surface area contributed by atoms with E-state index in [0.29, 0.717) is 18.7 Å². The molecule has 0 aliphatic carbocycles. The van der Waals surface area contributed by atoms with Gasteiger partial charge >= 0.3 is 5.97 Å². The lowest BCUT2D eigenvalue weighted by atomic mass is 9.83. The average Bonchev–Trinajstić information content (AvgIpc) is 2.87. The molecule has 198 valence electrons. The third-order valence-corrected chi connectivity index (χ3v) is 6.40. The van der Waals surface area contributed by atoms with E-state index in [0.717, 1.165) is 11.2 Å². The molecular weight excluding hydrogens is 478 g/mol. The fraction of sp³-hybridized carbons (Fsp3) is 0.500. The molecule has 6 N–H and O–H groups in total. The number of allylic oxidation sites excluding steroid dienone is 4. The second-order valence-electron chi connectivity index (χ2n) is 8.70. The van der Waals surface area contributed by atoms with Crippen LogP contribution < -0.4 is 10.0 Å². The van der Waals surface area contributed by atoms with Gasteiger partial charge in [-0.2, -0.15) is 0 Å². The third kappa shape index (κ3) is 5.93. The van der Waals surface area contributed by atoms with E-state index in [2.05, 4.69) is 6.58 Å². The number of nitrogens with one attached hydrogen (secondary N) is 1. The van der Waals surface area contributed by atoms with Gasteiger partial charge in [-0.1, -0.05) is 18.2 Å². The van der Waals surface area contributed by atoms with Crippen LogP contribution in [0.1, 0.15) is 6.92 Å². The first kappa shape index (κ1) is 27.7. The van der Waals surface area contributed by atoms with E-state index >= 15 is 0 Å². The van der Waals surface area contributed by atoms with Crippen LogP contribution in [0, 0.1) is 11.8 Å². The Hall–Kier alpha value is -2.84. The van der Waals surface area contributed by atoms with E-state index in [1.165, 1.54) is 12.2 Å². The van der Waals surface area contributed by atoms with Crippen molar-refractivity contribution in [3.05, 3.63) is 60.1 Å². The van der Waals surface area contributed by atoms with Crippen molar-refractivity contribution in [2.24, 2.45) is 11.8 Å². The minimum absolute atomic E-state index is 0.209. The van der Waals surface area contributed by atoms with Gasteiger partial charge in [0.25, 0.3) is 0 Å². The highest BCUT2D eigenvalue weighted by Crippen LogP contribution is 2.35. The summed E-state index contributed by atoms with van der Waals surface area (Å²) in [7, 11) is 0. The number of aliphatic carboxylic acids is 2. The summed E-state index contributed by atoms with van der Waals surface area (Å²) in [4.78, 5) is 24.2. The zero-order valence-electron chi connectivity index (χ0n) is 19.6. The molecule has 3 aliphatic heterocycles. The molecule has 0 spiro atoms. The summed E-state index contributed by atoms with van der Waals surface area (Å²) in [5.41, 5.74) is 0.554. The Bertz CT molecular complexity index is 969. The van der Waals surface area contributed by atoms with Gasteiger partial charge in [0, 0.05) is 23.0 Å². The standard InChI is InChI=1S/C24H31NO11/c1-3-14-15(6-5-12-7-13(21(30)31)9-25(4-2)8-12)16(22(32)33)11-34-23(14)36-24-20(29)19(28)18(27)17(10-26)35-24/h3,5-8,11,14-15,17-20,23-24,26-29H,1,4,9-10H2,2H3,(H,30,31)(H,32,33)/b6-5+/t14-,15+,17-,18-,19+,20-,23+,24+/m1/s1. The van der Waals surface area contributed by atoms with E-state index in [1.54, 1.807) is 12.2 Å². The normalized spacial score (nSPS) is 36.9. The summed E-state index contributed by atoms with van der Waals surface area (Å²) in [5, 5.41) is 60.9. The number of hydrogen-bond acceptors (Lipinski definition) is 10. The molecule has 0 aromatic heterocycles. The van der Waals surface area contributed by atoms with E-state index in [1.807, 2.05) is 13.1 Å². The number of likely N-dealkylation sites (N-methyl/N-ethyl adjacent to an activating group) is 1. The SMILES string of the molecule is C=C[C@H]1[C@H](O[C@@H]2O[C@H](CO)[C@@H](O)[C@H](O)[C@H]2O)OC=C(C(=O)[O-])[C@H]1/C=C/C1=C[NH+](CC)CC(C(=O)O)=C1. The first-order valence-corrected chi connectivity index (χ1v) is 11.4. The summed E-state index contributed by atoms with van der Waals surface area (Å²) >= 11 is 0. The molecule has 0 bridgehead atoms. The van der Waals surface area contributed by atoms with Gasteiger partial charge in [0.05, 0.1) is 31.0 Å². The molecule has 9 atom stereocenters. The molecule has 36 heavy (non-hydrogen) atoms. The highest BCUT2D eigenvalue weighted by Gasteiger charge is 2.46. The van der Waals surface area contributed by atoms with Gasteiger partial charge in [-0.25, -0.2) is 4.79 Å². The maximum Gasteiger partial charge on any atom is 0.337 e. The smallest absolute Gasteiger partial charge is 0.337 e. The average molecular weight is 510 g/mol. The number of quaternary nitrogens is 1. The lowest BCUT2D eigenvalue weighted by Crippen LogP contribution is -3.08. The molecule has 3 rings (SSSR count). The molecular formula is C24H31NO11. The van der Waals surface area contributed by atoms with E-state index in [9.17, 15) is 40.2 Å². The zero-order chi connectivity index (χ0) is 26.6. The lowest BCUT2D eigenvalue weighted by molar-refractivity contribution is -0.840. The molecule has 1 saturated heterocycles. The Labute approximate surface area is 207 Å². The van der Waals surface area contributed by atoms with Crippen molar-refractivity contribution < 1.29 is 59.3 Å². The number of aliphatic hydroxyl groups excluding tert-OH is 4. The maximum atomic E-state index is 11.8. The van der Waals surface area contributed by atoms with Crippen molar-refractivity contribution in [1.82, 2.24) is 0 Å². The van der Waals surface area contributed by atoms with Gasteiger partial charge < -0.3 is 54.5 Å². The van der Waals surface area contributed by atoms with Crippen LogP contribution in [0.4, 0.5) is 0 Å². The molecule has 12 heteroatoms. The van der Waals surface area contributed by atoms with E-state index in [4.69, 9.17) is 14.2 Å². The summed E-state index contributed by atoms with van der Waals surface area (Å²) in [6, 6.07) is 0. The summed E-state index contributed by atoms with van der Waals surface area (Å²) in [6.07, 6.45) is -0.0997. The topological polar surface area (TPSA) is 190 Å². The van der Waals surface area contributed by atoms with Crippen LogP contribution in [0.3, 0.4) is 0 Å². The molecule has 1 fully saturated rings. The van der Waals surface area contributed by atoms with Gasteiger partial charge in [-0.05, 0) is 13.0 Å². The number of carbonyl (C=O) groups is 2. The van der Waals surface area contributed by atoms with Crippen LogP contribution in [-0.4, -0.2) is 94.2 Å². The minimum Gasteiger partial charge on any atom is -0.545 e. The van der Waals surface area contributed by atoms with Gasteiger partial charge in [0.15, 0.2) is 6.29 Å². The van der Waals surface area contributed by atoms with E-state index in [-0.39, 0.29) is 11.1 Å². The van der Waals surface area contributed by atoms with Crippen LogP contribution in [0.2, 0.25) is 0 Å². The molecule has 0 saturated carbocycles. The van der Waals surface area contributed by atoms with Crippen LogP contribution in [0.5, 0.6) is 0 Å². The highest BCUT2D eigenvalue weighted by molar-refractivity contribution is 5.88. The first-order chi connectivity index (χ1) is 17.1. The second-order valence-corrected chi connectivity index (χ2v) is 8.70. The molecule has 0 aromatic carbocycles. The molecule has 3 heterocycles. The Morgan fingerprint density at radius 2 is 1.97 bits per heavy atom. The van der Waals surface area contributed by atoms with Crippen LogP contribution in [-0.2, 0) is 23.8 Å². The maximum absolute atomic E-state index is 11.8. The Morgan fingerprint density at radius 3 is 2.56 bits per heavy atom. The van der Waals surface area contributed by atoms with Gasteiger partial charge in [0.2, 0.25) is 6.29 Å². The van der Waals surface area contributed by atoms with Crippen molar-refractivity contribution in [3.8, 4) is 0 Å². The van der Waals surface area contributed by atoms with Crippen molar-refractivity contribution in [3.63, 3.8) is 0 Å². The highest BCUT2D eigenvalue weighted by atomic mass is 16.8. The molecule has 0 amide bonds. The van der Waals surface area contributed by atoms with Crippen molar-refractivity contribution >= 4 is 11.9 Å². The number of carbonyl (C=O) groups excluding carboxylic acids is 1. The zero-order valence-corrected chi connectivity index (χ0v) is 19.6. The fourth-order valence-corrected chi connectivity index (χ4v) is 4.30. The number of rotatable bonds is 9. The van der Waals surface area contributed by atoms with Crippen LogP contribution in [0.15, 0.2) is 60.1 Å². The van der Waals surface area contributed by atoms with Crippen molar-refractivity contribution in [2.45, 2.75) is 43.9 Å². The van der Waals surface area contributed by atoms with Crippen molar-refractivity contribution in [2.75, 3.05) is 19.7 Å². The predicted octanol–water partition coefficient (Wildman–Crippen LogP) is -3.42. The molecule has 12 nitrogen and oxygen atoms in total. The van der Waals surface area contributed by atoms with Gasteiger partial charge in [-0.3, -0.25) is 0 Å². The second kappa shape index (κ2) is 11.9. The number of carboxylic acid groups (broad SMARTS) is 2. The molecule has 3 aliphatic rings. The van der Waals surface area contributed by atoms with Crippen LogP contribution >= 0.6 is 0 Å². The Morgan fingerprint density at radius 1 is 1.25 bits per heavy atom. The number of ether oxygens (including phenoxy) is 3. The number of aliphatic hydroxyl groups is 4. The first-order valence-electron chi connectivity index (χ1n) is 11.4.